The van der Waals surface area contributed by atoms with Gasteiger partial charge in [-0.05, 0) is 164 Å². The summed E-state index contributed by atoms with van der Waals surface area (Å²) in [5.74, 6) is 2.99. The van der Waals surface area contributed by atoms with E-state index >= 15 is 0 Å². The number of rotatable bonds is 9. The first-order valence-electron chi connectivity index (χ1n) is 25.6. The molecule has 11 aromatic rings. The highest BCUT2D eigenvalue weighted by atomic mass is 16.5. The SMILES string of the molecule is N#Cc1cc(-c2cc3c4c(c2)Oc2cc(N(c5ccccc5)c5ccccc5)ccc2B4c2ccc(N(C4=CCCC=C4)c4ccccc4)cc2O3)cc(-c2c3ccccc3c(-c3ccccc3)c3ccccc23)c1. The summed E-state index contributed by atoms with van der Waals surface area (Å²) >= 11 is 0. The van der Waals surface area contributed by atoms with Crippen molar-refractivity contribution in [2.24, 2.45) is 0 Å². The van der Waals surface area contributed by atoms with Crippen LogP contribution in [0.5, 0.6) is 23.0 Å². The number of nitrogens with zero attached hydrogens (tertiary/aromatic N) is 3. The van der Waals surface area contributed by atoms with E-state index in [0.717, 1.165) is 130 Å². The predicted octanol–water partition coefficient (Wildman–Crippen LogP) is 16.4. The van der Waals surface area contributed by atoms with E-state index in [0.29, 0.717) is 11.3 Å². The Balaban J connectivity index is 0.963. The lowest BCUT2D eigenvalue weighted by atomic mass is 9.35. The zero-order chi connectivity index (χ0) is 49.8. The summed E-state index contributed by atoms with van der Waals surface area (Å²) in [7, 11) is 0. The summed E-state index contributed by atoms with van der Waals surface area (Å²) in [5, 5.41) is 15.4. The summed E-state index contributed by atoms with van der Waals surface area (Å²) < 4.78 is 14.4. The molecule has 0 spiro atoms. The fraction of sp³-hybridized carbons (Fsp3) is 0.0290. The molecule has 0 unspecified atom stereocenters. The highest BCUT2D eigenvalue weighted by Crippen LogP contribution is 2.47. The van der Waals surface area contributed by atoms with Crippen LogP contribution < -0.4 is 35.7 Å². The number of hydrogen-bond donors (Lipinski definition) is 0. The third-order valence-corrected chi connectivity index (χ3v) is 14.9. The van der Waals surface area contributed by atoms with Crippen LogP contribution in [0.1, 0.15) is 18.4 Å². The molecule has 352 valence electrons. The highest BCUT2D eigenvalue weighted by molar-refractivity contribution is 6.98. The van der Waals surface area contributed by atoms with E-state index in [9.17, 15) is 5.26 Å². The highest BCUT2D eigenvalue weighted by Gasteiger charge is 2.41. The molecule has 1 aliphatic carbocycles. The average molecular weight is 960 g/mol. The number of nitriles is 1. The van der Waals surface area contributed by atoms with E-state index in [1.165, 1.54) is 5.56 Å². The molecule has 14 rings (SSSR count). The first-order valence-corrected chi connectivity index (χ1v) is 25.6. The minimum absolute atomic E-state index is 0.192. The molecule has 0 aromatic heterocycles. The quantitative estimate of drug-likeness (QED) is 0.107. The van der Waals surface area contributed by atoms with Gasteiger partial charge in [0, 0.05) is 51.7 Å². The lowest BCUT2D eigenvalue weighted by Gasteiger charge is -2.35. The molecular formula is C69H46BN3O2. The van der Waals surface area contributed by atoms with Crippen molar-refractivity contribution in [3.8, 4) is 62.4 Å². The van der Waals surface area contributed by atoms with Crippen molar-refractivity contribution in [1.29, 1.82) is 5.26 Å². The van der Waals surface area contributed by atoms with Crippen molar-refractivity contribution >= 4 is 73.1 Å². The van der Waals surface area contributed by atoms with Gasteiger partial charge >= 0.3 is 0 Å². The van der Waals surface area contributed by atoms with Gasteiger partial charge in [-0.3, -0.25) is 0 Å². The number of para-hydroxylation sites is 3. The fourth-order valence-corrected chi connectivity index (χ4v) is 11.7. The average Bonchev–Trinajstić information content (AvgIpc) is 3.51. The smallest absolute Gasteiger partial charge is 0.260 e. The number of hydrogen-bond acceptors (Lipinski definition) is 5. The van der Waals surface area contributed by atoms with E-state index in [1.807, 2.05) is 24.3 Å². The topological polar surface area (TPSA) is 48.7 Å². The van der Waals surface area contributed by atoms with Crippen LogP contribution in [0.3, 0.4) is 0 Å². The predicted molar refractivity (Wildman–Crippen MR) is 310 cm³/mol. The van der Waals surface area contributed by atoms with Crippen LogP contribution in [0.25, 0.3) is 54.9 Å². The minimum Gasteiger partial charge on any atom is -0.458 e. The van der Waals surface area contributed by atoms with Gasteiger partial charge in [0.05, 0.1) is 11.6 Å². The summed E-state index contributed by atoms with van der Waals surface area (Å²) in [5.41, 5.74) is 16.1. The first-order chi connectivity index (χ1) is 37.1. The maximum Gasteiger partial charge on any atom is 0.260 e. The van der Waals surface area contributed by atoms with Crippen LogP contribution in [0.15, 0.2) is 261 Å². The zero-order valence-corrected chi connectivity index (χ0v) is 40.9. The van der Waals surface area contributed by atoms with Crippen molar-refractivity contribution < 1.29 is 9.47 Å². The molecule has 75 heavy (non-hydrogen) atoms. The molecule has 0 saturated carbocycles. The third-order valence-electron chi connectivity index (χ3n) is 14.9. The van der Waals surface area contributed by atoms with Crippen LogP contribution in [0, 0.1) is 11.3 Å². The van der Waals surface area contributed by atoms with E-state index in [4.69, 9.17) is 9.47 Å². The number of ether oxygens (including phenoxy) is 2. The van der Waals surface area contributed by atoms with Crippen molar-refractivity contribution in [2.45, 2.75) is 12.8 Å². The molecule has 2 heterocycles. The van der Waals surface area contributed by atoms with Crippen LogP contribution in [-0.4, -0.2) is 6.71 Å². The van der Waals surface area contributed by atoms with Gasteiger partial charge in [0.25, 0.3) is 6.71 Å². The van der Waals surface area contributed by atoms with Crippen LogP contribution >= 0.6 is 0 Å². The second-order valence-corrected chi connectivity index (χ2v) is 19.4. The summed E-state index contributed by atoms with van der Waals surface area (Å²) in [6.45, 7) is -0.192. The molecular weight excluding hydrogens is 914 g/mol. The van der Waals surface area contributed by atoms with Crippen molar-refractivity contribution in [2.75, 3.05) is 9.80 Å². The maximum absolute atomic E-state index is 10.8. The second-order valence-electron chi connectivity index (χ2n) is 19.4. The standard InChI is InChI=1S/C69H46BN3O2/c71-45-46-38-48(40-50(39-46)68-59-32-18-16-30-57(59)67(47-20-6-1-7-21-47)58-31-17-19-33-60(58)68)49-41-65-69-66(42-49)75-64-44-56(73(53-26-12-4-13-27-53)54-28-14-5-15-29-54)35-37-62(64)70(69)61-36-34-55(43-63(61)74-65)72(51-22-8-2-9-23-51)52-24-10-3-11-25-52/h1-4,6-14,16-44H,5,15H2. The Kier molecular flexibility index (Phi) is 10.7. The normalized spacial score (nSPS) is 12.9. The Morgan fingerprint density at radius 3 is 1.35 bits per heavy atom. The molecule has 0 amide bonds. The zero-order valence-electron chi connectivity index (χ0n) is 40.9. The Labute approximate surface area is 436 Å². The van der Waals surface area contributed by atoms with Gasteiger partial charge in [0.15, 0.2) is 0 Å². The van der Waals surface area contributed by atoms with Crippen molar-refractivity contribution in [3.63, 3.8) is 0 Å². The van der Waals surface area contributed by atoms with Gasteiger partial charge in [0.2, 0.25) is 0 Å². The summed E-state index contributed by atoms with van der Waals surface area (Å²) in [6.07, 6.45) is 8.78. The lowest BCUT2D eigenvalue weighted by Crippen LogP contribution is -2.57. The van der Waals surface area contributed by atoms with Crippen LogP contribution in [0.2, 0.25) is 0 Å². The maximum atomic E-state index is 10.8. The van der Waals surface area contributed by atoms with E-state index in [2.05, 4.69) is 246 Å². The van der Waals surface area contributed by atoms with Gasteiger partial charge in [0.1, 0.15) is 23.0 Å². The van der Waals surface area contributed by atoms with E-state index in [1.54, 1.807) is 0 Å². The molecule has 0 fully saturated rings. The van der Waals surface area contributed by atoms with Gasteiger partial charge in [-0.25, -0.2) is 0 Å². The Morgan fingerprint density at radius 2 is 0.840 bits per heavy atom. The van der Waals surface area contributed by atoms with E-state index in [-0.39, 0.29) is 6.71 Å². The molecule has 5 nitrogen and oxygen atoms in total. The molecule has 2 aliphatic heterocycles. The summed E-state index contributed by atoms with van der Waals surface area (Å²) in [6, 6.07) is 85.8. The number of anilines is 5. The molecule has 0 radical (unpaired) electrons. The first kappa shape index (κ1) is 43.9. The van der Waals surface area contributed by atoms with Gasteiger partial charge in [-0.2, -0.15) is 5.26 Å². The molecule has 3 aliphatic rings. The molecule has 0 saturated heterocycles. The second kappa shape index (κ2) is 18.3. The lowest BCUT2D eigenvalue weighted by molar-refractivity contribution is 0.465. The van der Waals surface area contributed by atoms with Crippen LogP contribution in [-0.2, 0) is 0 Å². The Bertz CT molecular complexity index is 4050. The molecule has 0 bridgehead atoms. The van der Waals surface area contributed by atoms with E-state index < -0.39 is 0 Å². The largest absolute Gasteiger partial charge is 0.458 e. The van der Waals surface area contributed by atoms with Crippen molar-refractivity contribution in [1.82, 2.24) is 0 Å². The number of fused-ring (bicyclic) bond motifs is 6. The summed E-state index contributed by atoms with van der Waals surface area (Å²) in [4.78, 5) is 4.59. The van der Waals surface area contributed by atoms with Gasteiger partial charge in [-0.15, -0.1) is 0 Å². The van der Waals surface area contributed by atoms with Gasteiger partial charge < -0.3 is 19.3 Å². The van der Waals surface area contributed by atoms with Crippen molar-refractivity contribution in [3.05, 3.63) is 266 Å². The van der Waals surface area contributed by atoms with Gasteiger partial charge in [-0.1, -0.05) is 158 Å². The molecule has 6 heteroatoms. The monoisotopic (exact) mass is 959 g/mol. The van der Waals surface area contributed by atoms with Crippen LogP contribution in [0.4, 0.5) is 28.4 Å². The Morgan fingerprint density at radius 1 is 0.387 bits per heavy atom. The number of allylic oxidation sites excluding steroid dienone is 3. The number of benzene rings is 11. The molecule has 0 N–H and O–H groups in total. The molecule has 11 aromatic carbocycles. The fourth-order valence-electron chi connectivity index (χ4n) is 11.7. The molecule has 0 atom stereocenters. The minimum atomic E-state index is -0.192. The Hall–Kier alpha value is -9.83. The third kappa shape index (κ3) is 7.64.